The van der Waals surface area contributed by atoms with Crippen LogP contribution in [0.2, 0.25) is 0 Å². The Morgan fingerprint density at radius 3 is 2.07 bits per heavy atom. The molecule has 0 spiro atoms. The first-order chi connectivity index (χ1) is 13.3. The third-order valence-corrected chi connectivity index (χ3v) is 7.04. The molecule has 0 aliphatic heterocycles. The number of aryl methyl sites for hydroxylation is 1. The van der Waals surface area contributed by atoms with Crippen LogP contribution < -0.4 is 9.62 Å². The highest BCUT2D eigenvalue weighted by molar-refractivity contribution is 7.92. The number of amides is 1. The Morgan fingerprint density at radius 2 is 1.62 bits per heavy atom. The fourth-order valence-electron chi connectivity index (χ4n) is 2.94. The first-order valence-corrected chi connectivity index (χ1v) is 12.7. The van der Waals surface area contributed by atoms with Crippen molar-refractivity contribution in [1.29, 1.82) is 0 Å². The minimum Gasteiger partial charge on any atom is -0.345 e. The molecule has 0 saturated carbocycles. The summed E-state index contributed by atoms with van der Waals surface area (Å²) in [6.07, 6.45) is 2.89. The van der Waals surface area contributed by atoms with E-state index in [4.69, 9.17) is 0 Å². The molecule has 158 valence electrons. The minimum atomic E-state index is -3.39. The Morgan fingerprint density at radius 1 is 1.03 bits per heavy atom. The quantitative estimate of drug-likeness (QED) is 0.716. The van der Waals surface area contributed by atoms with Crippen LogP contribution >= 0.6 is 0 Å². The molecule has 0 saturated heterocycles. The predicted molar refractivity (Wildman–Crippen MR) is 114 cm³/mol. The number of carbonyl (C=O) groups excluding carboxylic acids is 1. The van der Waals surface area contributed by atoms with E-state index in [1.54, 1.807) is 37.3 Å². The predicted octanol–water partition coefficient (Wildman–Crippen LogP) is 2.68. The van der Waals surface area contributed by atoms with E-state index in [0.717, 1.165) is 18.1 Å². The molecule has 7 nitrogen and oxygen atoms in total. The highest BCUT2D eigenvalue weighted by Gasteiger charge is 2.18. The van der Waals surface area contributed by atoms with Crippen molar-refractivity contribution in [3.05, 3.63) is 59.2 Å². The largest absolute Gasteiger partial charge is 0.345 e. The number of sulfonamides is 1. The zero-order valence-electron chi connectivity index (χ0n) is 17.1. The van der Waals surface area contributed by atoms with Gasteiger partial charge in [-0.05, 0) is 54.8 Å². The third-order valence-electron chi connectivity index (χ3n) is 4.72. The molecule has 0 aromatic heterocycles. The van der Waals surface area contributed by atoms with Crippen LogP contribution in [0, 0.1) is 6.92 Å². The van der Waals surface area contributed by atoms with Gasteiger partial charge in [-0.25, -0.2) is 16.8 Å². The highest BCUT2D eigenvalue weighted by atomic mass is 32.2. The first-order valence-electron chi connectivity index (χ1n) is 9.00. The lowest BCUT2D eigenvalue weighted by Gasteiger charge is -2.21. The molecule has 0 bridgehead atoms. The van der Waals surface area contributed by atoms with Gasteiger partial charge in [-0.1, -0.05) is 19.1 Å². The molecule has 2 aromatic carbocycles. The summed E-state index contributed by atoms with van der Waals surface area (Å²) in [5.74, 6) is -0.291. The molecule has 1 N–H and O–H groups in total. The second-order valence-corrected chi connectivity index (χ2v) is 11.0. The van der Waals surface area contributed by atoms with Crippen molar-refractivity contribution in [3.63, 3.8) is 0 Å². The number of nitrogens with zero attached hydrogens (tertiary/aromatic N) is 1. The van der Waals surface area contributed by atoms with Crippen LogP contribution in [0.25, 0.3) is 0 Å². The average Bonchev–Trinajstić information content (AvgIpc) is 2.64. The first kappa shape index (κ1) is 22.9. The van der Waals surface area contributed by atoms with Gasteiger partial charge in [-0.15, -0.1) is 0 Å². The van der Waals surface area contributed by atoms with E-state index >= 15 is 0 Å². The van der Waals surface area contributed by atoms with Gasteiger partial charge in [0.05, 0.1) is 22.9 Å². The zero-order valence-corrected chi connectivity index (χ0v) is 18.8. The summed E-state index contributed by atoms with van der Waals surface area (Å²) in [6.45, 7) is 3.67. The van der Waals surface area contributed by atoms with Crippen molar-refractivity contribution in [1.82, 2.24) is 5.32 Å². The number of benzene rings is 2. The third kappa shape index (κ3) is 5.57. The molecule has 0 radical (unpaired) electrons. The van der Waals surface area contributed by atoms with Gasteiger partial charge in [0.2, 0.25) is 10.0 Å². The molecule has 0 fully saturated rings. The number of hydrogen-bond acceptors (Lipinski definition) is 5. The topological polar surface area (TPSA) is 101 Å². The summed E-state index contributed by atoms with van der Waals surface area (Å²) in [5, 5.41) is 2.94. The molecule has 1 atom stereocenters. The Labute approximate surface area is 172 Å². The van der Waals surface area contributed by atoms with Crippen LogP contribution in [0.1, 0.15) is 40.9 Å². The van der Waals surface area contributed by atoms with Crippen LogP contribution in [0.3, 0.4) is 0 Å². The van der Waals surface area contributed by atoms with Gasteiger partial charge in [0, 0.05) is 18.9 Å². The second-order valence-electron chi connectivity index (χ2n) is 7.01. The molecule has 0 aliphatic carbocycles. The molecular formula is C20H26N2O5S2. The van der Waals surface area contributed by atoms with Crippen LogP contribution in [0.4, 0.5) is 5.69 Å². The van der Waals surface area contributed by atoms with Gasteiger partial charge < -0.3 is 5.32 Å². The number of hydrogen-bond donors (Lipinski definition) is 1. The van der Waals surface area contributed by atoms with Crippen LogP contribution in [0.15, 0.2) is 47.4 Å². The van der Waals surface area contributed by atoms with Crippen molar-refractivity contribution in [2.45, 2.75) is 31.2 Å². The van der Waals surface area contributed by atoms with Crippen molar-refractivity contribution in [2.24, 2.45) is 0 Å². The molecular weight excluding hydrogens is 412 g/mol. The van der Waals surface area contributed by atoms with Crippen molar-refractivity contribution in [3.8, 4) is 0 Å². The van der Waals surface area contributed by atoms with E-state index < -0.39 is 19.9 Å². The van der Waals surface area contributed by atoms with Gasteiger partial charge in [0.15, 0.2) is 9.84 Å². The summed E-state index contributed by atoms with van der Waals surface area (Å²) in [6, 6.07) is 11.0. The van der Waals surface area contributed by atoms with Crippen molar-refractivity contribution >= 4 is 31.5 Å². The highest BCUT2D eigenvalue weighted by Crippen LogP contribution is 2.24. The van der Waals surface area contributed by atoms with E-state index in [1.807, 2.05) is 6.92 Å². The summed E-state index contributed by atoms with van der Waals surface area (Å²) in [7, 11) is -5.21. The lowest BCUT2D eigenvalue weighted by molar-refractivity contribution is 0.0935. The van der Waals surface area contributed by atoms with Gasteiger partial charge in [0.25, 0.3) is 5.91 Å². The molecule has 1 unspecified atom stereocenters. The Hall–Kier alpha value is -2.39. The zero-order chi connectivity index (χ0) is 22.0. The lowest BCUT2D eigenvalue weighted by atomic mass is 10.0. The maximum absolute atomic E-state index is 12.7. The lowest BCUT2D eigenvalue weighted by Crippen LogP contribution is -2.29. The second kappa shape index (κ2) is 8.54. The monoisotopic (exact) mass is 438 g/mol. The van der Waals surface area contributed by atoms with Crippen molar-refractivity contribution in [2.75, 3.05) is 23.9 Å². The average molecular weight is 439 g/mol. The van der Waals surface area contributed by atoms with Gasteiger partial charge in [-0.2, -0.15) is 0 Å². The van der Waals surface area contributed by atoms with Crippen LogP contribution in [-0.2, 0) is 19.9 Å². The SMILES string of the molecule is CCC(NC(=O)c1ccc(N(C)S(C)(=O)=O)c(C)c1)c1ccc(S(C)(=O)=O)cc1. The van der Waals surface area contributed by atoms with E-state index in [9.17, 15) is 21.6 Å². The molecule has 9 heteroatoms. The van der Waals surface area contributed by atoms with Gasteiger partial charge >= 0.3 is 0 Å². The fourth-order valence-corrected chi connectivity index (χ4v) is 4.13. The molecule has 2 rings (SSSR count). The van der Waals surface area contributed by atoms with E-state index in [-0.39, 0.29) is 16.8 Å². The maximum Gasteiger partial charge on any atom is 0.251 e. The molecule has 2 aromatic rings. The normalized spacial score (nSPS) is 13.0. The number of rotatable bonds is 7. The van der Waals surface area contributed by atoms with Gasteiger partial charge in [-0.3, -0.25) is 9.10 Å². The Balaban J connectivity index is 2.22. The maximum atomic E-state index is 12.7. The fraction of sp³-hybridized carbons (Fsp3) is 0.350. The Kier molecular flexibility index (Phi) is 6.74. The molecule has 1 amide bonds. The van der Waals surface area contributed by atoms with Crippen molar-refractivity contribution < 1.29 is 21.6 Å². The molecule has 29 heavy (non-hydrogen) atoms. The molecule has 0 heterocycles. The van der Waals surface area contributed by atoms with E-state index in [1.165, 1.54) is 23.5 Å². The minimum absolute atomic E-state index is 0.226. The van der Waals surface area contributed by atoms with E-state index in [0.29, 0.717) is 23.2 Å². The van der Waals surface area contributed by atoms with Crippen LogP contribution in [-0.4, -0.2) is 42.3 Å². The molecule has 0 aliphatic rings. The smallest absolute Gasteiger partial charge is 0.251 e. The number of nitrogens with one attached hydrogen (secondary N) is 1. The van der Waals surface area contributed by atoms with E-state index in [2.05, 4.69) is 5.32 Å². The standard InChI is InChI=1S/C20H26N2O5S2/c1-6-18(15-7-10-17(11-8-15)28(4,24)25)21-20(23)16-9-12-19(14(2)13-16)22(3)29(5,26)27/h7-13,18H,6H2,1-5H3,(H,21,23). The summed E-state index contributed by atoms with van der Waals surface area (Å²) < 4.78 is 47.9. The number of carbonyl (C=O) groups is 1. The number of sulfone groups is 1. The summed E-state index contributed by atoms with van der Waals surface area (Å²) in [5.41, 5.74) is 2.39. The van der Waals surface area contributed by atoms with Gasteiger partial charge in [0.1, 0.15) is 0 Å². The Bertz CT molecular complexity index is 1110. The van der Waals surface area contributed by atoms with Crippen LogP contribution in [0.5, 0.6) is 0 Å². The summed E-state index contributed by atoms with van der Waals surface area (Å²) in [4.78, 5) is 12.9. The summed E-state index contributed by atoms with van der Waals surface area (Å²) >= 11 is 0. The number of anilines is 1.